The molecule has 3 heterocycles. The second-order valence-corrected chi connectivity index (χ2v) is 7.58. The summed E-state index contributed by atoms with van der Waals surface area (Å²) in [6.45, 7) is 3.56. The maximum atomic E-state index is 12.8. The predicted molar refractivity (Wildman–Crippen MR) is 84.2 cm³/mol. The molecule has 0 bridgehead atoms. The molecule has 9 nitrogen and oxygen atoms in total. The van der Waals surface area contributed by atoms with Crippen molar-refractivity contribution in [3.05, 3.63) is 29.8 Å². The molecule has 1 atom stereocenters. The van der Waals surface area contributed by atoms with Gasteiger partial charge in [0.1, 0.15) is 4.90 Å². The second kappa shape index (κ2) is 6.36. The molecule has 3 rings (SSSR count). The Labute approximate surface area is 139 Å². The van der Waals surface area contributed by atoms with Crippen LogP contribution in [0.25, 0.3) is 0 Å². The summed E-state index contributed by atoms with van der Waals surface area (Å²) in [4.78, 5) is 14.5. The molecule has 0 aromatic carbocycles. The van der Waals surface area contributed by atoms with Crippen molar-refractivity contribution >= 4 is 15.7 Å². The number of aromatic nitrogens is 4. The van der Waals surface area contributed by atoms with E-state index < -0.39 is 15.9 Å². The molecule has 2 aromatic heterocycles. The molecule has 1 saturated heterocycles. The second-order valence-electron chi connectivity index (χ2n) is 5.59. The van der Waals surface area contributed by atoms with Crippen LogP contribution in [0.5, 0.6) is 0 Å². The van der Waals surface area contributed by atoms with Gasteiger partial charge in [-0.1, -0.05) is 0 Å². The first kappa shape index (κ1) is 16.7. The standard InChI is InChI=1S/C14H19N5O4S/c1-3-18-8-10(6-16-18)14(20)19-4-5-23-9-11(19)13-12(7-15-17-13)24(2,21)22/h6-8,11H,3-5,9H2,1-2H3,(H,15,17)/t11-/m0/s1. The summed E-state index contributed by atoms with van der Waals surface area (Å²) >= 11 is 0. The van der Waals surface area contributed by atoms with Crippen molar-refractivity contribution in [1.29, 1.82) is 0 Å². The van der Waals surface area contributed by atoms with Crippen molar-refractivity contribution in [1.82, 2.24) is 24.9 Å². The van der Waals surface area contributed by atoms with E-state index in [1.807, 2.05) is 6.92 Å². The Morgan fingerprint density at radius 3 is 2.92 bits per heavy atom. The number of morpholine rings is 1. The van der Waals surface area contributed by atoms with Crippen LogP contribution in [0.2, 0.25) is 0 Å². The zero-order valence-electron chi connectivity index (χ0n) is 13.5. The van der Waals surface area contributed by atoms with Crippen molar-refractivity contribution in [2.45, 2.75) is 24.4 Å². The average molecular weight is 353 g/mol. The minimum Gasteiger partial charge on any atom is -0.377 e. The number of amides is 1. The number of hydrogen-bond donors (Lipinski definition) is 1. The topological polar surface area (TPSA) is 110 Å². The molecule has 0 radical (unpaired) electrons. The Bertz CT molecular complexity index is 841. The van der Waals surface area contributed by atoms with Crippen molar-refractivity contribution in [2.24, 2.45) is 0 Å². The summed E-state index contributed by atoms with van der Waals surface area (Å²) in [6.07, 6.45) is 5.57. The van der Waals surface area contributed by atoms with Gasteiger partial charge in [0, 0.05) is 25.5 Å². The van der Waals surface area contributed by atoms with Crippen LogP contribution in [0.15, 0.2) is 23.5 Å². The lowest BCUT2D eigenvalue weighted by Crippen LogP contribution is -2.43. The Kier molecular flexibility index (Phi) is 4.41. The SMILES string of the molecule is CCn1cc(C(=O)N2CCOC[C@H]2c2[nH]ncc2S(C)(=O)=O)cn1. The highest BCUT2D eigenvalue weighted by Crippen LogP contribution is 2.29. The number of nitrogens with one attached hydrogen (secondary N) is 1. The van der Waals surface area contributed by atoms with E-state index in [2.05, 4.69) is 15.3 Å². The molecule has 2 aromatic rings. The molecule has 10 heteroatoms. The number of rotatable bonds is 4. The zero-order chi connectivity index (χ0) is 17.3. The largest absolute Gasteiger partial charge is 0.377 e. The number of carbonyl (C=O) groups excluding carboxylic acids is 1. The molecule has 1 aliphatic heterocycles. The number of carbonyl (C=O) groups is 1. The lowest BCUT2D eigenvalue weighted by atomic mass is 10.1. The normalized spacial score (nSPS) is 18.8. The van der Waals surface area contributed by atoms with Crippen molar-refractivity contribution < 1.29 is 17.9 Å². The lowest BCUT2D eigenvalue weighted by molar-refractivity contribution is -0.00468. The zero-order valence-corrected chi connectivity index (χ0v) is 14.3. The number of nitrogens with zero attached hydrogens (tertiary/aromatic N) is 4. The summed E-state index contributed by atoms with van der Waals surface area (Å²) in [5, 5.41) is 10.7. The Balaban J connectivity index is 1.94. The third kappa shape index (κ3) is 3.06. The molecule has 24 heavy (non-hydrogen) atoms. The Hall–Kier alpha value is -2.20. The number of hydrogen-bond acceptors (Lipinski definition) is 6. The quantitative estimate of drug-likeness (QED) is 0.843. The van der Waals surface area contributed by atoms with Gasteiger partial charge in [0.2, 0.25) is 0 Å². The number of sulfone groups is 1. The van der Waals surface area contributed by atoms with Crippen LogP contribution in [0, 0.1) is 0 Å². The summed E-state index contributed by atoms with van der Waals surface area (Å²) in [6, 6.07) is -0.538. The van der Waals surface area contributed by atoms with Crippen molar-refractivity contribution in [2.75, 3.05) is 26.0 Å². The molecule has 130 valence electrons. The molecular formula is C14H19N5O4S. The van der Waals surface area contributed by atoms with Crippen LogP contribution < -0.4 is 0 Å². The summed E-state index contributed by atoms with van der Waals surface area (Å²) < 4.78 is 31.0. The fraction of sp³-hybridized carbons (Fsp3) is 0.500. The Morgan fingerprint density at radius 1 is 1.46 bits per heavy atom. The molecule has 1 amide bonds. The molecule has 1 fully saturated rings. The molecule has 0 unspecified atom stereocenters. The minimum absolute atomic E-state index is 0.0834. The van der Waals surface area contributed by atoms with Crippen molar-refractivity contribution in [3.8, 4) is 0 Å². The fourth-order valence-electron chi connectivity index (χ4n) is 2.72. The van der Waals surface area contributed by atoms with Crippen molar-refractivity contribution in [3.63, 3.8) is 0 Å². The molecule has 1 N–H and O–H groups in total. The summed E-state index contributed by atoms with van der Waals surface area (Å²) in [5.41, 5.74) is 0.831. The third-order valence-corrected chi connectivity index (χ3v) is 5.08. The van der Waals surface area contributed by atoms with Gasteiger partial charge in [-0.2, -0.15) is 10.2 Å². The lowest BCUT2D eigenvalue weighted by Gasteiger charge is -2.35. The number of H-pyrrole nitrogens is 1. The van der Waals surface area contributed by atoms with E-state index in [1.165, 1.54) is 12.4 Å². The van der Waals surface area contributed by atoms with Crippen LogP contribution in [0.1, 0.15) is 29.0 Å². The van der Waals surface area contributed by atoms with E-state index in [0.717, 1.165) is 6.26 Å². The molecule has 0 aliphatic carbocycles. The van der Waals surface area contributed by atoms with E-state index in [9.17, 15) is 13.2 Å². The van der Waals surface area contributed by atoms with Crippen LogP contribution in [0.4, 0.5) is 0 Å². The minimum atomic E-state index is -3.46. The van der Waals surface area contributed by atoms with Gasteiger partial charge in [0.05, 0.1) is 42.9 Å². The van der Waals surface area contributed by atoms with E-state index in [1.54, 1.807) is 15.8 Å². The Morgan fingerprint density at radius 2 is 2.25 bits per heavy atom. The third-order valence-electron chi connectivity index (χ3n) is 3.96. The van der Waals surface area contributed by atoms with Crippen LogP contribution in [-0.4, -0.2) is 65.2 Å². The predicted octanol–water partition coefficient (Wildman–Crippen LogP) is 0.243. The fourth-order valence-corrected chi connectivity index (χ4v) is 3.54. The van der Waals surface area contributed by atoms with Crippen LogP contribution >= 0.6 is 0 Å². The van der Waals surface area contributed by atoms with E-state index >= 15 is 0 Å². The van der Waals surface area contributed by atoms with Gasteiger partial charge in [-0.15, -0.1) is 0 Å². The smallest absolute Gasteiger partial charge is 0.257 e. The molecule has 0 saturated carbocycles. The van der Waals surface area contributed by atoms with E-state index in [4.69, 9.17) is 4.74 Å². The van der Waals surface area contributed by atoms with Gasteiger partial charge >= 0.3 is 0 Å². The van der Waals surface area contributed by atoms with E-state index in [-0.39, 0.29) is 17.4 Å². The van der Waals surface area contributed by atoms with Gasteiger partial charge in [-0.25, -0.2) is 8.42 Å². The van der Waals surface area contributed by atoms with E-state index in [0.29, 0.717) is 31.0 Å². The number of aryl methyl sites for hydroxylation is 1. The average Bonchev–Trinajstić information content (AvgIpc) is 3.22. The first-order valence-corrected chi connectivity index (χ1v) is 9.45. The first-order valence-electron chi connectivity index (χ1n) is 7.56. The van der Waals surface area contributed by atoms with Crippen LogP contribution in [-0.2, 0) is 21.1 Å². The molecular weight excluding hydrogens is 334 g/mol. The maximum absolute atomic E-state index is 12.8. The highest BCUT2D eigenvalue weighted by Gasteiger charge is 2.34. The first-order chi connectivity index (χ1) is 11.4. The van der Waals surface area contributed by atoms with Gasteiger partial charge in [-0.05, 0) is 6.92 Å². The van der Waals surface area contributed by atoms with Crippen LogP contribution in [0.3, 0.4) is 0 Å². The van der Waals surface area contributed by atoms with Gasteiger partial charge in [0.25, 0.3) is 5.91 Å². The number of aromatic amines is 1. The highest BCUT2D eigenvalue weighted by molar-refractivity contribution is 7.90. The number of ether oxygens (including phenoxy) is 1. The molecule has 1 aliphatic rings. The van der Waals surface area contributed by atoms with Gasteiger partial charge < -0.3 is 9.64 Å². The summed E-state index contributed by atoms with van der Waals surface area (Å²) in [7, 11) is -3.46. The monoisotopic (exact) mass is 353 g/mol. The highest BCUT2D eigenvalue weighted by atomic mass is 32.2. The maximum Gasteiger partial charge on any atom is 0.257 e. The summed E-state index contributed by atoms with van der Waals surface area (Å²) in [5.74, 6) is -0.211. The van der Waals surface area contributed by atoms with Gasteiger partial charge in [0.15, 0.2) is 9.84 Å². The molecule has 0 spiro atoms. The van der Waals surface area contributed by atoms with Gasteiger partial charge in [-0.3, -0.25) is 14.6 Å².